The third-order valence-electron chi connectivity index (χ3n) is 3.51. The lowest BCUT2D eigenvalue weighted by atomic mass is 9.95. The Hall–Kier alpha value is -0.920. The van der Waals surface area contributed by atoms with Crippen LogP contribution in [0.1, 0.15) is 17.2 Å². The molecule has 21 heavy (non-hydrogen) atoms. The van der Waals surface area contributed by atoms with E-state index in [1.165, 1.54) is 11.6 Å². The topological polar surface area (TPSA) is 58.2 Å². The van der Waals surface area contributed by atoms with Crippen LogP contribution in [0.2, 0.25) is 4.34 Å². The molecule has 1 aliphatic rings. The minimum Gasteiger partial charge on any atom is -0.308 e. The van der Waals surface area contributed by atoms with Gasteiger partial charge in [0.15, 0.2) is 0 Å². The standard InChI is InChI=1S/C14H15ClN2O2S2/c15-13-5-6-14(20-13)21(18,19)17-9-12-11-4-2-1-3-10(11)7-8-16-12/h1-6,12,16-17H,7-9H2. The van der Waals surface area contributed by atoms with Crippen molar-refractivity contribution < 1.29 is 8.42 Å². The molecule has 1 aromatic carbocycles. The normalized spacial score (nSPS) is 18.4. The van der Waals surface area contributed by atoms with Gasteiger partial charge in [0.05, 0.1) is 4.34 Å². The van der Waals surface area contributed by atoms with Crippen LogP contribution in [-0.2, 0) is 16.4 Å². The molecule has 2 aromatic rings. The lowest BCUT2D eigenvalue weighted by molar-refractivity contribution is 0.492. The highest BCUT2D eigenvalue weighted by molar-refractivity contribution is 7.91. The molecular formula is C14H15ClN2O2S2. The zero-order valence-electron chi connectivity index (χ0n) is 11.2. The van der Waals surface area contributed by atoms with Crippen molar-refractivity contribution in [2.24, 2.45) is 0 Å². The van der Waals surface area contributed by atoms with E-state index < -0.39 is 10.0 Å². The maximum Gasteiger partial charge on any atom is 0.250 e. The van der Waals surface area contributed by atoms with E-state index in [-0.39, 0.29) is 10.3 Å². The predicted molar refractivity (Wildman–Crippen MR) is 85.4 cm³/mol. The molecule has 112 valence electrons. The molecule has 1 aliphatic heterocycles. The van der Waals surface area contributed by atoms with E-state index in [1.807, 2.05) is 18.2 Å². The van der Waals surface area contributed by atoms with Gasteiger partial charge in [-0.2, -0.15) is 0 Å². The molecule has 0 radical (unpaired) electrons. The molecule has 3 rings (SSSR count). The number of hydrogen-bond acceptors (Lipinski definition) is 4. The summed E-state index contributed by atoms with van der Waals surface area (Å²) in [4.78, 5) is 0. The second-order valence-corrected chi connectivity index (χ2v) is 8.57. The largest absolute Gasteiger partial charge is 0.308 e. The van der Waals surface area contributed by atoms with Crippen molar-refractivity contribution >= 4 is 33.0 Å². The molecule has 1 aromatic heterocycles. The van der Waals surface area contributed by atoms with Gasteiger partial charge in [-0.05, 0) is 36.2 Å². The first-order valence-corrected chi connectivity index (χ1v) is 9.30. The molecule has 0 saturated heterocycles. The third kappa shape index (κ3) is 3.30. The van der Waals surface area contributed by atoms with E-state index in [0.29, 0.717) is 10.9 Å². The summed E-state index contributed by atoms with van der Waals surface area (Å²) in [5, 5.41) is 3.35. The Labute approximate surface area is 133 Å². The van der Waals surface area contributed by atoms with Crippen molar-refractivity contribution in [2.45, 2.75) is 16.7 Å². The van der Waals surface area contributed by atoms with E-state index in [9.17, 15) is 8.42 Å². The summed E-state index contributed by atoms with van der Waals surface area (Å²) in [6.45, 7) is 1.18. The van der Waals surface area contributed by atoms with Crippen molar-refractivity contribution in [3.05, 3.63) is 51.9 Å². The van der Waals surface area contributed by atoms with Gasteiger partial charge in [-0.1, -0.05) is 35.9 Å². The molecule has 4 nitrogen and oxygen atoms in total. The first kappa shape index (κ1) is 15.0. The van der Waals surface area contributed by atoms with Crippen LogP contribution in [0.15, 0.2) is 40.6 Å². The number of sulfonamides is 1. The van der Waals surface area contributed by atoms with Crippen molar-refractivity contribution in [1.82, 2.24) is 10.0 Å². The SMILES string of the molecule is O=S(=O)(NCC1NCCc2ccccc21)c1ccc(Cl)s1. The fourth-order valence-electron chi connectivity index (χ4n) is 2.48. The van der Waals surface area contributed by atoms with Crippen molar-refractivity contribution in [1.29, 1.82) is 0 Å². The maximum atomic E-state index is 12.2. The van der Waals surface area contributed by atoms with E-state index >= 15 is 0 Å². The quantitative estimate of drug-likeness (QED) is 0.897. The van der Waals surface area contributed by atoms with Gasteiger partial charge < -0.3 is 5.32 Å². The van der Waals surface area contributed by atoms with Crippen LogP contribution < -0.4 is 10.0 Å². The van der Waals surface area contributed by atoms with Gasteiger partial charge in [-0.3, -0.25) is 0 Å². The first-order valence-electron chi connectivity index (χ1n) is 6.62. The number of hydrogen-bond donors (Lipinski definition) is 2. The van der Waals surface area contributed by atoms with Crippen LogP contribution in [0.25, 0.3) is 0 Å². The first-order chi connectivity index (χ1) is 10.1. The van der Waals surface area contributed by atoms with Crippen molar-refractivity contribution in [3.63, 3.8) is 0 Å². The van der Waals surface area contributed by atoms with Crippen LogP contribution in [-0.4, -0.2) is 21.5 Å². The number of benzene rings is 1. The lowest BCUT2D eigenvalue weighted by Gasteiger charge is -2.27. The molecule has 0 saturated carbocycles. The Morgan fingerprint density at radius 1 is 1.29 bits per heavy atom. The van der Waals surface area contributed by atoms with Crippen molar-refractivity contribution in [3.8, 4) is 0 Å². The van der Waals surface area contributed by atoms with Crippen LogP contribution >= 0.6 is 22.9 Å². The van der Waals surface area contributed by atoms with Crippen LogP contribution in [0, 0.1) is 0 Å². The van der Waals surface area contributed by atoms with Crippen LogP contribution in [0.3, 0.4) is 0 Å². The van der Waals surface area contributed by atoms with E-state index in [0.717, 1.165) is 29.9 Å². The van der Waals surface area contributed by atoms with Gasteiger partial charge in [0.2, 0.25) is 10.0 Å². The number of thiophene rings is 1. The highest BCUT2D eigenvalue weighted by Crippen LogP contribution is 2.26. The molecule has 1 unspecified atom stereocenters. The van der Waals surface area contributed by atoms with Gasteiger partial charge in [-0.15, -0.1) is 11.3 Å². The summed E-state index contributed by atoms with van der Waals surface area (Å²) in [6, 6.07) is 11.2. The minimum atomic E-state index is -3.50. The summed E-state index contributed by atoms with van der Waals surface area (Å²) in [6.07, 6.45) is 0.972. The molecule has 0 aliphatic carbocycles. The van der Waals surface area contributed by atoms with Crippen molar-refractivity contribution in [2.75, 3.05) is 13.1 Å². The van der Waals surface area contributed by atoms with Gasteiger partial charge >= 0.3 is 0 Å². The Kier molecular flexibility index (Phi) is 4.33. The maximum absolute atomic E-state index is 12.2. The Bertz CT molecular complexity index is 743. The van der Waals surface area contributed by atoms with Gasteiger partial charge in [0, 0.05) is 12.6 Å². The molecule has 2 N–H and O–H groups in total. The summed E-state index contributed by atoms with van der Waals surface area (Å²) < 4.78 is 27.8. The van der Waals surface area contributed by atoms with E-state index in [1.54, 1.807) is 6.07 Å². The van der Waals surface area contributed by atoms with E-state index in [2.05, 4.69) is 16.1 Å². The highest BCUT2D eigenvalue weighted by Gasteiger charge is 2.22. The van der Waals surface area contributed by atoms with Gasteiger partial charge in [0.1, 0.15) is 4.21 Å². The average Bonchev–Trinajstić information content (AvgIpc) is 2.93. The fraction of sp³-hybridized carbons (Fsp3) is 0.286. The molecule has 1 atom stereocenters. The lowest BCUT2D eigenvalue weighted by Crippen LogP contribution is -2.38. The molecule has 0 fully saturated rings. The van der Waals surface area contributed by atoms with Crippen LogP contribution in [0.5, 0.6) is 0 Å². The molecule has 0 bridgehead atoms. The number of fused-ring (bicyclic) bond motifs is 1. The van der Waals surface area contributed by atoms with E-state index in [4.69, 9.17) is 11.6 Å². The second kappa shape index (κ2) is 6.06. The molecule has 7 heteroatoms. The Morgan fingerprint density at radius 3 is 2.86 bits per heavy atom. The number of halogens is 1. The number of rotatable bonds is 4. The minimum absolute atomic E-state index is 0.000147. The molecule has 0 amide bonds. The average molecular weight is 343 g/mol. The summed E-state index contributed by atoms with van der Waals surface area (Å²) in [5.74, 6) is 0. The summed E-state index contributed by atoms with van der Waals surface area (Å²) in [5.41, 5.74) is 2.44. The van der Waals surface area contributed by atoms with Gasteiger partial charge in [-0.25, -0.2) is 13.1 Å². The zero-order chi connectivity index (χ0) is 14.9. The third-order valence-corrected chi connectivity index (χ3v) is 6.65. The van der Waals surface area contributed by atoms with Crippen LogP contribution in [0.4, 0.5) is 0 Å². The smallest absolute Gasteiger partial charge is 0.250 e. The monoisotopic (exact) mass is 342 g/mol. The molecule has 2 heterocycles. The highest BCUT2D eigenvalue weighted by atomic mass is 35.5. The Balaban J connectivity index is 1.74. The fourth-order valence-corrected chi connectivity index (χ4v) is 5.06. The number of nitrogens with one attached hydrogen (secondary N) is 2. The summed E-state index contributed by atoms with van der Waals surface area (Å²) in [7, 11) is -3.50. The predicted octanol–water partition coefficient (Wildman–Crippen LogP) is 2.57. The summed E-state index contributed by atoms with van der Waals surface area (Å²) >= 11 is 6.86. The molecular weight excluding hydrogens is 328 g/mol. The van der Waals surface area contributed by atoms with Gasteiger partial charge in [0.25, 0.3) is 0 Å². The zero-order valence-corrected chi connectivity index (χ0v) is 13.6. The second-order valence-electron chi connectivity index (χ2n) is 4.87. The Morgan fingerprint density at radius 2 is 2.10 bits per heavy atom. The molecule has 0 spiro atoms.